The Morgan fingerprint density at radius 1 is 1.13 bits per heavy atom. The van der Waals surface area contributed by atoms with Crippen LogP contribution >= 0.6 is 0 Å². The van der Waals surface area contributed by atoms with E-state index in [9.17, 15) is 14.7 Å². The van der Waals surface area contributed by atoms with Crippen molar-refractivity contribution in [2.24, 2.45) is 0 Å². The van der Waals surface area contributed by atoms with E-state index < -0.39 is 5.97 Å². The fourth-order valence-electron chi connectivity index (χ4n) is 1.14. The monoisotopic (exact) mass is 206 g/mol. The number of carbonyl (C=O) groups excluding carboxylic acids is 2. The second-order valence-corrected chi connectivity index (χ2v) is 3.14. The van der Waals surface area contributed by atoms with Crippen LogP contribution in [0.4, 0.5) is 5.69 Å². The van der Waals surface area contributed by atoms with Crippen molar-refractivity contribution in [2.75, 3.05) is 5.32 Å². The van der Waals surface area contributed by atoms with Crippen molar-refractivity contribution in [3.05, 3.63) is 30.3 Å². The van der Waals surface area contributed by atoms with Crippen LogP contribution in [-0.4, -0.2) is 11.9 Å². The van der Waals surface area contributed by atoms with E-state index in [-0.39, 0.29) is 18.7 Å². The number of carboxylic acid groups (broad SMARTS) is 1. The van der Waals surface area contributed by atoms with E-state index in [4.69, 9.17) is 0 Å². The quantitative estimate of drug-likeness (QED) is 0.764. The smallest absolute Gasteiger partial charge is 0.224 e. The van der Waals surface area contributed by atoms with Gasteiger partial charge < -0.3 is 15.2 Å². The zero-order valence-corrected chi connectivity index (χ0v) is 8.23. The van der Waals surface area contributed by atoms with Crippen LogP contribution in [0.25, 0.3) is 0 Å². The molecule has 15 heavy (non-hydrogen) atoms. The number of anilines is 1. The van der Waals surface area contributed by atoms with Crippen molar-refractivity contribution in [2.45, 2.75) is 19.3 Å². The lowest BCUT2D eigenvalue weighted by molar-refractivity contribution is -0.305. The Kier molecular flexibility index (Phi) is 4.34. The van der Waals surface area contributed by atoms with Crippen LogP contribution in [-0.2, 0) is 9.59 Å². The molecule has 0 heterocycles. The maximum absolute atomic E-state index is 11.3. The summed E-state index contributed by atoms with van der Waals surface area (Å²) in [5.74, 6) is -1.30. The molecule has 0 unspecified atom stereocenters. The van der Waals surface area contributed by atoms with E-state index in [1.807, 2.05) is 18.2 Å². The molecule has 0 spiro atoms. The second-order valence-electron chi connectivity index (χ2n) is 3.14. The van der Waals surface area contributed by atoms with Crippen LogP contribution in [0.3, 0.4) is 0 Å². The van der Waals surface area contributed by atoms with Crippen molar-refractivity contribution >= 4 is 17.6 Å². The fraction of sp³-hybridized carbons (Fsp3) is 0.273. The third-order valence-corrected chi connectivity index (χ3v) is 1.84. The average molecular weight is 206 g/mol. The Morgan fingerprint density at radius 3 is 2.40 bits per heavy atom. The minimum Gasteiger partial charge on any atom is -0.550 e. The van der Waals surface area contributed by atoms with Gasteiger partial charge in [0.1, 0.15) is 0 Å². The van der Waals surface area contributed by atoms with Gasteiger partial charge >= 0.3 is 0 Å². The summed E-state index contributed by atoms with van der Waals surface area (Å²) in [6, 6.07) is 9.03. The summed E-state index contributed by atoms with van der Waals surface area (Å²) in [6.45, 7) is 0. The van der Waals surface area contributed by atoms with Crippen molar-refractivity contribution in [3.8, 4) is 0 Å². The molecule has 0 atom stereocenters. The third kappa shape index (κ3) is 4.81. The van der Waals surface area contributed by atoms with E-state index in [2.05, 4.69) is 5.32 Å². The Balaban J connectivity index is 2.28. The van der Waals surface area contributed by atoms with Gasteiger partial charge in [0.15, 0.2) is 0 Å². The number of carbonyl (C=O) groups is 2. The molecule has 1 N–H and O–H groups in total. The lowest BCUT2D eigenvalue weighted by Gasteiger charge is -2.04. The first-order valence-electron chi connectivity index (χ1n) is 4.73. The molecule has 0 bridgehead atoms. The number of carboxylic acids is 1. The minimum absolute atomic E-state index is 0.0811. The molecule has 4 nitrogen and oxygen atoms in total. The Labute approximate surface area is 87.9 Å². The number of aliphatic carboxylic acids is 1. The highest BCUT2D eigenvalue weighted by Gasteiger charge is 2.01. The molecule has 4 heteroatoms. The molecule has 0 saturated carbocycles. The van der Waals surface area contributed by atoms with Crippen molar-refractivity contribution in [1.29, 1.82) is 0 Å². The van der Waals surface area contributed by atoms with Gasteiger partial charge in [-0.15, -0.1) is 0 Å². The first-order chi connectivity index (χ1) is 7.18. The second kappa shape index (κ2) is 5.80. The number of para-hydroxylation sites is 1. The van der Waals surface area contributed by atoms with Gasteiger partial charge in [0, 0.05) is 18.1 Å². The molecule has 1 aromatic rings. The summed E-state index contributed by atoms with van der Waals surface area (Å²) in [5.41, 5.74) is 0.718. The topological polar surface area (TPSA) is 69.2 Å². The van der Waals surface area contributed by atoms with Gasteiger partial charge in [-0.05, 0) is 25.0 Å². The molecule has 0 saturated heterocycles. The SMILES string of the molecule is O=C([O-])CCCC(=O)Nc1ccccc1. The predicted molar refractivity (Wildman–Crippen MR) is 53.9 cm³/mol. The molecule has 0 aromatic heterocycles. The summed E-state index contributed by atoms with van der Waals surface area (Å²) < 4.78 is 0. The van der Waals surface area contributed by atoms with Crippen LogP contribution in [0.5, 0.6) is 0 Å². The summed E-state index contributed by atoms with van der Waals surface area (Å²) in [7, 11) is 0. The van der Waals surface area contributed by atoms with E-state index in [0.29, 0.717) is 6.42 Å². The lowest BCUT2D eigenvalue weighted by Crippen LogP contribution is -2.22. The number of hydrogen-bond donors (Lipinski definition) is 1. The molecule has 1 amide bonds. The molecule has 0 radical (unpaired) electrons. The number of amides is 1. The van der Waals surface area contributed by atoms with Crippen molar-refractivity contribution in [1.82, 2.24) is 0 Å². The summed E-state index contributed by atoms with van der Waals surface area (Å²) in [5, 5.41) is 12.8. The maximum Gasteiger partial charge on any atom is 0.224 e. The molecule has 0 aliphatic heterocycles. The Hall–Kier alpha value is -1.84. The van der Waals surface area contributed by atoms with Gasteiger partial charge in [-0.1, -0.05) is 18.2 Å². The fourth-order valence-corrected chi connectivity index (χ4v) is 1.14. The Morgan fingerprint density at radius 2 is 1.80 bits per heavy atom. The Bertz CT molecular complexity index is 335. The molecule has 80 valence electrons. The number of nitrogens with one attached hydrogen (secondary N) is 1. The first kappa shape index (κ1) is 11.2. The number of rotatable bonds is 5. The molecule has 0 fully saturated rings. The van der Waals surface area contributed by atoms with Gasteiger partial charge in [0.25, 0.3) is 0 Å². The molecule has 1 aromatic carbocycles. The van der Waals surface area contributed by atoms with Crippen LogP contribution in [0.15, 0.2) is 30.3 Å². The van der Waals surface area contributed by atoms with Gasteiger partial charge in [-0.25, -0.2) is 0 Å². The van der Waals surface area contributed by atoms with Gasteiger partial charge in [0.05, 0.1) is 0 Å². The van der Waals surface area contributed by atoms with Crippen LogP contribution in [0.1, 0.15) is 19.3 Å². The van der Waals surface area contributed by atoms with Crippen LogP contribution in [0, 0.1) is 0 Å². The minimum atomic E-state index is -1.12. The molecule has 1 rings (SSSR count). The normalized spacial score (nSPS) is 9.60. The highest BCUT2D eigenvalue weighted by atomic mass is 16.4. The highest BCUT2D eigenvalue weighted by Crippen LogP contribution is 2.06. The zero-order chi connectivity index (χ0) is 11.1. The molecular weight excluding hydrogens is 194 g/mol. The maximum atomic E-state index is 11.3. The van der Waals surface area contributed by atoms with Crippen LogP contribution in [0.2, 0.25) is 0 Å². The number of benzene rings is 1. The van der Waals surface area contributed by atoms with Crippen molar-refractivity contribution in [3.63, 3.8) is 0 Å². The van der Waals surface area contributed by atoms with E-state index in [1.54, 1.807) is 12.1 Å². The highest BCUT2D eigenvalue weighted by molar-refractivity contribution is 5.90. The van der Waals surface area contributed by atoms with Crippen molar-refractivity contribution < 1.29 is 14.7 Å². The molecule has 0 aliphatic carbocycles. The molecular formula is C11H12NO3-. The predicted octanol–water partition coefficient (Wildman–Crippen LogP) is 0.545. The third-order valence-electron chi connectivity index (χ3n) is 1.84. The number of hydrogen-bond acceptors (Lipinski definition) is 3. The largest absolute Gasteiger partial charge is 0.550 e. The molecule has 0 aliphatic rings. The van der Waals surface area contributed by atoms with Crippen LogP contribution < -0.4 is 10.4 Å². The van der Waals surface area contributed by atoms with E-state index in [0.717, 1.165) is 5.69 Å². The lowest BCUT2D eigenvalue weighted by atomic mass is 10.2. The van der Waals surface area contributed by atoms with E-state index >= 15 is 0 Å². The van der Waals surface area contributed by atoms with Gasteiger partial charge in [-0.2, -0.15) is 0 Å². The van der Waals surface area contributed by atoms with Gasteiger partial charge in [0.2, 0.25) is 5.91 Å². The van der Waals surface area contributed by atoms with Gasteiger partial charge in [-0.3, -0.25) is 4.79 Å². The first-order valence-corrected chi connectivity index (χ1v) is 4.73. The zero-order valence-electron chi connectivity index (χ0n) is 8.23. The summed E-state index contributed by atoms with van der Waals surface area (Å²) in [6.07, 6.45) is 0.423. The summed E-state index contributed by atoms with van der Waals surface area (Å²) in [4.78, 5) is 21.4. The standard InChI is InChI=1S/C11H13NO3/c13-10(7-4-8-11(14)15)12-9-5-2-1-3-6-9/h1-3,5-6H,4,7-8H2,(H,12,13)(H,14,15)/p-1. The average Bonchev–Trinajstić information content (AvgIpc) is 2.18. The van der Waals surface area contributed by atoms with E-state index in [1.165, 1.54) is 0 Å². The summed E-state index contributed by atoms with van der Waals surface area (Å²) >= 11 is 0.